The van der Waals surface area contributed by atoms with Gasteiger partial charge in [0.05, 0.1) is 12.8 Å². The van der Waals surface area contributed by atoms with Crippen LogP contribution in [0.15, 0.2) is 11.4 Å². The van der Waals surface area contributed by atoms with Gasteiger partial charge in [0.25, 0.3) is 0 Å². The van der Waals surface area contributed by atoms with E-state index in [1.807, 2.05) is 20.8 Å². The lowest BCUT2D eigenvalue weighted by Gasteiger charge is -2.20. The van der Waals surface area contributed by atoms with Crippen molar-refractivity contribution in [3.05, 3.63) is 16.3 Å². The zero-order valence-corrected chi connectivity index (χ0v) is 12.5. The number of amides is 1. The molecule has 0 unspecified atom stereocenters. The van der Waals surface area contributed by atoms with E-state index in [0.717, 1.165) is 0 Å². The molecule has 0 fully saturated rings. The lowest BCUT2D eigenvalue weighted by Crippen LogP contribution is -2.37. The highest BCUT2D eigenvalue weighted by Crippen LogP contribution is 2.23. The summed E-state index contributed by atoms with van der Waals surface area (Å²) in [7, 11) is 1.32. The quantitative estimate of drug-likeness (QED) is 0.814. The van der Waals surface area contributed by atoms with Crippen LogP contribution < -0.4 is 10.6 Å². The number of esters is 1. The molecule has 0 bridgehead atoms. The van der Waals surface area contributed by atoms with Gasteiger partial charge in [-0.05, 0) is 32.2 Å². The van der Waals surface area contributed by atoms with Gasteiger partial charge in [-0.15, -0.1) is 11.3 Å². The van der Waals surface area contributed by atoms with E-state index < -0.39 is 5.97 Å². The van der Waals surface area contributed by atoms with Crippen molar-refractivity contribution in [2.24, 2.45) is 0 Å². The van der Waals surface area contributed by atoms with Crippen molar-refractivity contribution >= 4 is 28.9 Å². The molecular weight excluding hydrogens is 264 g/mol. The number of thiophene rings is 1. The average Bonchev–Trinajstić information content (AvgIpc) is 2.74. The molecule has 0 aliphatic heterocycles. The van der Waals surface area contributed by atoms with Crippen LogP contribution in [0.4, 0.5) is 5.69 Å². The summed E-state index contributed by atoms with van der Waals surface area (Å²) in [6.07, 6.45) is 0.355. The second-order valence-corrected chi connectivity index (χ2v) is 6.05. The highest BCUT2D eigenvalue weighted by Gasteiger charge is 2.16. The molecule has 6 heteroatoms. The highest BCUT2D eigenvalue weighted by molar-refractivity contribution is 7.12. The fourth-order valence-electron chi connectivity index (χ4n) is 1.42. The Labute approximate surface area is 117 Å². The molecule has 0 aliphatic rings. The van der Waals surface area contributed by atoms with Crippen LogP contribution in [0, 0.1) is 0 Å². The van der Waals surface area contributed by atoms with E-state index in [4.69, 9.17) is 0 Å². The first-order valence-corrected chi connectivity index (χ1v) is 6.92. The summed E-state index contributed by atoms with van der Waals surface area (Å²) >= 11 is 1.25. The lowest BCUT2D eigenvalue weighted by molar-refractivity contribution is -0.116. The molecule has 0 atom stereocenters. The maximum Gasteiger partial charge on any atom is 0.350 e. The fourth-order valence-corrected chi connectivity index (χ4v) is 2.19. The molecule has 0 spiro atoms. The van der Waals surface area contributed by atoms with Crippen molar-refractivity contribution < 1.29 is 14.3 Å². The second kappa shape index (κ2) is 6.68. The molecule has 0 saturated heterocycles. The third kappa shape index (κ3) is 5.40. The summed E-state index contributed by atoms with van der Waals surface area (Å²) in [6.45, 7) is 6.71. The van der Waals surface area contributed by atoms with Gasteiger partial charge in [-0.25, -0.2) is 4.79 Å². The van der Waals surface area contributed by atoms with Gasteiger partial charge in [0.1, 0.15) is 4.88 Å². The Morgan fingerprint density at radius 3 is 2.63 bits per heavy atom. The molecular formula is C13H20N2O3S. The monoisotopic (exact) mass is 284 g/mol. The SMILES string of the molecule is COC(=O)c1sccc1NC(=O)CCNC(C)(C)C. The Morgan fingerprint density at radius 2 is 2.05 bits per heavy atom. The Hall–Kier alpha value is -1.40. The number of hydrogen-bond acceptors (Lipinski definition) is 5. The summed E-state index contributed by atoms with van der Waals surface area (Å²) in [6, 6.07) is 1.70. The number of carbonyl (C=O) groups is 2. The van der Waals surface area contributed by atoms with Crippen LogP contribution in [0.25, 0.3) is 0 Å². The molecule has 1 rings (SSSR count). The number of ether oxygens (including phenoxy) is 1. The van der Waals surface area contributed by atoms with Crippen LogP contribution in [0.2, 0.25) is 0 Å². The molecule has 0 saturated carbocycles. The first-order valence-electron chi connectivity index (χ1n) is 6.04. The van der Waals surface area contributed by atoms with Crippen molar-refractivity contribution in [3.63, 3.8) is 0 Å². The topological polar surface area (TPSA) is 67.4 Å². The minimum Gasteiger partial charge on any atom is -0.465 e. The van der Waals surface area contributed by atoms with Crippen LogP contribution in [-0.4, -0.2) is 31.1 Å². The molecule has 1 aromatic rings. The van der Waals surface area contributed by atoms with Crippen molar-refractivity contribution in [1.82, 2.24) is 5.32 Å². The predicted octanol–water partition coefficient (Wildman–Crippen LogP) is 2.25. The van der Waals surface area contributed by atoms with Crippen molar-refractivity contribution in [2.75, 3.05) is 19.0 Å². The number of hydrogen-bond donors (Lipinski definition) is 2. The van der Waals surface area contributed by atoms with Gasteiger partial charge < -0.3 is 15.4 Å². The van der Waals surface area contributed by atoms with Gasteiger partial charge in [0.15, 0.2) is 0 Å². The maximum atomic E-state index is 11.8. The third-order valence-corrected chi connectivity index (χ3v) is 3.21. The van der Waals surface area contributed by atoms with Crippen LogP contribution in [0.1, 0.15) is 36.9 Å². The number of anilines is 1. The molecule has 1 amide bonds. The van der Waals surface area contributed by atoms with Crippen molar-refractivity contribution in [2.45, 2.75) is 32.7 Å². The molecule has 5 nitrogen and oxygen atoms in total. The number of carbonyl (C=O) groups excluding carboxylic acids is 2. The van der Waals surface area contributed by atoms with Gasteiger partial charge in [-0.2, -0.15) is 0 Å². The highest BCUT2D eigenvalue weighted by atomic mass is 32.1. The summed E-state index contributed by atoms with van der Waals surface area (Å²) in [5, 5.41) is 7.70. The Kier molecular flexibility index (Phi) is 5.50. The van der Waals surface area contributed by atoms with E-state index in [1.54, 1.807) is 11.4 Å². The summed E-state index contributed by atoms with van der Waals surface area (Å²) in [5.41, 5.74) is 0.498. The lowest BCUT2D eigenvalue weighted by atomic mass is 10.1. The van der Waals surface area contributed by atoms with E-state index in [0.29, 0.717) is 23.5 Å². The van der Waals surface area contributed by atoms with Gasteiger partial charge in [0, 0.05) is 18.5 Å². The second-order valence-electron chi connectivity index (χ2n) is 5.13. The van der Waals surface area contributed by atoms with E-state index >= 15 is 0 Å². The summed E-state index contributed by atoms with van der Waals surface area (Å²) in [5.74, 6) is -0.557. The Morgan fingerprint density at radius 1 is 1.37 bits per heavy atom. The van der Waals surface area contributed by atoms with Crippen LogP contribution in [0.3, 0.4) is 0 Å². The van der Waals surface area contributed by atoms with Crippen LogP contribution in [0.5, 0.6) is 0 Å². The zero-order valence-electron chi connectivity index (χ0n) is 11.7. The van der Waals surface area contributed by atoms with E-state index in [-0.39, 0.29) is 11.4 Å². The zero-order chi connectivity index (χ0) is 14.5. The molecule has 0 radical (unpaired) electrons. The van der Waals surface area contributed by atoms with Crippen LogP contribution >= 0.6 is 11.3 Å². The number of methoxy groups -OCH3 is 1. The predicted molar refractivity (Wildman–Crippen MR) is 76.7 cm³/mol. The smallest absolute Gasteiger partial charge is 0.350 e. The van der Waals surface area contributed by atoms with Crippen LogP contribution in [-0.2, 0) is 9.53 Å². The van der Waals surface area contributed by atoms with Gasteiger partial charge in [0.2, 0.25) is 5.91 Å². The normalized spacial score (nSPS) is 11.2. The fraction of sp³-hybridized carbons (Fsp3) is 0.538. The molecule has 2 N–H and O–H groups in total. The standard InChI is InChI=1S/C13H20N2O3S/c1-13(2,3)14-7-5-10(16)15-9-6-8-19-11(9)12(17)18-4/h6,8,14H,5,7H2,1-4H3,(H,15,16). The average molecular weight is 284 g/mol. The first-order chi connectivity index (χ1) is 8.83. The molecule has 19 heavy (non-hydrogen) atoms. The van der Waals surface area contributed by atoms with E-state index in [9.17, 15) is 9.59 Å². The Bertz CT molecular complexity index is 449. The molecule has 0 aromatic carbocycles. The number of nitrogens with one attached hydrogen (secondary N) is 2. The largest absolute Gasteiger partial charge is 0.465 e. The number of rotatable bonds is 5. The van der Waals surface area contributed by atoms with Crippen molar-refractivity contribution in [3.8, 4) is 0 Å². The Balaban J connectivity index is 2.49. The third-order valence-electron chi connectivity index (χ3n) is 2.32. The molecule has 106 valence electrons. The van der Waals surface area contributed by atoms with Crippen molar-refractivity contribution in [1.29, 1.82) is 0 Å². The molecule has 1 aromatic heterocycles. The minimum atomic E-state index is -0.432. The minimum absolute atomic E-state index is 0.0140. The molecule has 1 heterocycles. The summed E-state index contributed by atoms with van der Waals surface area (Å²) in [4.78, 5) is 23.6. The van der Waals surface area contributed by atoms with Gasteiger partial charge in [-0.1, -0.05) is 0 Å². The van der Waals surface area contributed by atoms with Gasteiger partial charge in [-0.3, -0.25) is 4.79 Å². The molecule has 0 aliphatic carbocycles. The van der Waals surface area contributed by atoms with Gasteiger partial charge >= 0.3 is 5.97 Å². The van der Waals surface area contributed by atoms with E-state index in [1.165, 1.54) is 18.4 Å². The summed E-state index contributed by atoms with van der Waals surface area (Å²) < 4.78 is 4.65. The van der Waals surface area contributed by atoms with E-state index in [2.05, 4.69) is 15.4 Å². The first kappa shape index (κ1) is 15.7. The maximum absolute atomic E-state index is 11.8.